The quantitative estimate of drug-likeness (QED) is 0.823. The van der Waals surface area contributed by atoms with Crippen LogP contribution in [0.2, 0.25) is 0 Å². The zero-order valence-electron chi connectivity index (χ0n) is 10.7. The molecule has 1 amide bonds. The van der Waals surface area contributed by atoms with E-state index in [-0.39, 0.29) is 5.91 Å². The number of para-hydroxylation sites is 2. The van der Waals surface area contributed by atoms with Gasteiger partial charge in [-0.1, -0.05) is 42.5 Å². The standard InChI is InChI=1S/C16H15NO2/c1-12-16(18)17(11-13-7-3-2-4-8-13)14-9-5-6-10-15(14)19-12/h2-10,12H,11H2,1H3/t12-/m1/s1. The van der Waals surface area contributed by atoms with Gasteiger partial charge in [0, 0.05) is 0 Å². The van der Waals surface area contributed by atoms with Crippen LogP contribution in [-0.4, -0.2) is 12.0 Å². The summed E-state index contributed by atoms with van der Waals surface area (Å²) < 4.78 is 5.62. The molecule has 0 bridgehead atoms. The first kappa shape index (κ1) is 11.8. The van der Waals surface area contributed by atoms with Gasteiger partial charge in [0.2, 0.25) is 0 Å². The number of benzene rings is 2. The first-order chi connectivity index (χ1) is 9.25. The lowest BCUT2D eigenvalue weighted by Gasteiger charge is -2.33. The predicted molar refractivity (Wildman–Crippen MR) is 74.2 cm³/mol. The summed E-state index contributed by atoms with van der Waals surface area (Å²) in [5.41, 5.74) is 1.95. The molecule has 0 saturated carbocycles. The van der Waals surface area contributed by atoms with E-state index in [9.17, 15) is 4.79 Å². The van der Waals surface area contributed by atoms with E-state index in [0.29, 0.717) is 6.54 Å². The van der Waals surface area contributed by atoms with E-state index in [1.165, 1.54) is 0 Å². The second-order valence-corrected chi connectivity index (χ2v) is 4.64. The Hall–Kier alpha value is -2.29. The summed E-state index contributed by atoms with van der Waals surface area (Å²) in [6.45, 7) is 2.36. The smallest absolute Gasteiger partial charge is 0.268 e. The number of anilines is 1. The van der Waals surface area contributed by atoms with E-state index in [1.54, 1.807) is 11.8 Å². The Labute approximate surface area is 112 Å². The van der Waals surface area contributed by atoms with Crippen molar-refractivity contribution in [2.75, 3.05) is 4.90 Å². The SMILES string of the molecule is C[C@H]1Oc2ccccc2N(Cc2ccccc2)C1=O. The predicted octanol–water partition coefficient (Wildman–Crippen LogP) is 3.00. The maximum absolute atomic E-state index is 12.3. The molecule has 0 spiro atoms. The molecule has 3 heteroatoms. The number of hydrogen-bond acceptors (Lipinski definition) is 2. The van der Waals surface area contributed by atoms with Crippen LogP contribution in [0.4, 0.5) is 5.69 Å². The highest BCUT2D eigenvalue weighted by atomic mass is 16.5. The van der Waals surface area contributed by atoms with Gasteiger partial charge in [-0.25, -0.2) is 0 Å². The zero-order valence-corrected chi connectivity index (χ0v) is 10.7. The van der Waals surface area contributed by atoms with Gasteiger partial charge in [0.05, 0.1) is 12.2 Å². The second kappa shape index (κ2) is 4.76. The maximum atomic E-state index is 12.3. The molecule has 0 aliphatic carbocycles. The molecule has 2 aromatic carbocycles. The summed E-state index contributed by atoms with van der Waals surface area (Å²) in [7, 11) is 0. The van der Waals surface area contributed by atoms with Crippen molar-refractivity contribution >= 4 is 11.6 Å². The van der Waals surface area contributed by atoms with Crippen molar-refractivity contribution in [2.45, 2.75) is 19.6 Å². The van der Waals surface area contributed by atoms with Crippen molar-refractivity contribution in [2.24, 2.45) is 0 Å². The van der Waals surface area contributed by atoms with E-state index in [4.69, 9.17) is 4.74 Å². The van der Waals surface area contributed by atoms with Crippen molar-refractivity contribution in [1.82, 2.24) is 0 Å². The van der Waals surface area contributed by atoms with Crippen molar-refractivity contribution in [1.29, 1.82) is 0 Å². The molecule has 2 aromatic rings. The third kappa shape index (κ3) is 2.19. The van der Waals surface area contributed by atoms with Crippen LogP contribution in [0.1, 0.15) is 12.5 Å². The van der Waals surface area contributed by atoms with Crippen LogP contribution in [0.3, 0.4) is 0 Å². The lowest BCUT2D eigenvalue weighted by molar-refractivity contribution is -0.125. The Balaban J connectivity index is 1.97. The van der Waals surface area contributed by atoms with Gasteiger partial charge in [-0.05, 0) is 24.6 Å². The third-order valence-corrected chi connectivity index (χ3v) is 3.26. The van der Waals surface area contributed by atoms with Gasteiger partial charge in [0.25, 0.3) is 5.91 Å². The van der Waals surface area contributed by atoms with Gasteiger partial charge in [-0.3, -0.25) is 4.79 Å². The first-order valence-corrected chi connectivity index (χ1v) is 6.37. The van der Waals surface area contributed by atoms with Crippen LogP contribution in [0.25, 0.3) is 0 Å². The number of rotatable bonds is 2. The normalized spacial score (nSPS) is 17.8. The minimum Gasteiger partial charge on any atom is -0.479 e. The van der Waals surface area contributed by atoms with Crippen LogP contribution in [0.5, 0.6) is 5.75 Å². The first-order valence-electron chi connectivity index (χ1n) is 6.37. The van der Waals surface area contributed by atoms with E-state index < -0.39 is 6.10 Å². The lowest BCUT2D eigenvalue weighted by atomic mass is 10.1. The summed E-state index contributed by atoms with van der Waals surface area (Å²) in [5, 5.41) is 0. The Kier molecular flexibility index (Phi) is 2.95. The Morgan fingerprint density at radius 3 is 2.53 bits per heavy atom. The van der Waals surface area contributed by atoms with E-state index in [0.717, 1.165) is 17.0 Å². The second-order valence-electron chi connectivity index (χ2n) is 4.64. The molecule has 0 unspecified atom stereocenters. The molecule has 3 nitrogen and oxygen atoms in total. The molecule has 3 rings (SSSR count). The number of carbonyl (C=O) groups is 1. The van der Waals surface area contributed by atoms with Crippen LogP contribution in [0.15, 0.2) is 54.6 Å². The van der Waals surface area contributed by atoms with Gasteiger partial charge < -0.3 is 9.64 Å². The summed E-state index contributed by atoms with van der Waals surface area (Å²) in [5.74, 6) is 0.771. The summed E-state index contributed by atoms with van der Waals surface area (Å²) in [4.78, 5) is 14.1. The average Bonchev–Trinajstić information content (AvgIpc) is 2.45. The molecule has 1 atom stereocenters. The van der Waals surface area contributed by atoms with Crippen LogP contribution < -0.4 is 9.64 Å². The molecule has 0 N–H and O–H groups in total. The highest BCUT2D eigenvalue weighted by molar-refractivity contribution is 5.99. The summed E-state index contributed by atoms with van der Waals surface area (Å²) in [6.07, 6.45) is -0.432. The Morgan fingerprint density at radius 2 is 1.74 bits per heavy atom. The lowest BCUT2D eigenvalue weighted by Crippen LogP contribution is -2.43. The number of ether oxygens (including phenoxy) is 1. The highest BCUT2D eigenvalue weighted by Crippen LogP contribution is 2.34. The van der Waals surface area contributed by atoms with E-state index >= 15 is 0 Å². The van der Waals surface area contributed by atoms with Gasteiger partial charge in [-0.15, -0.1) is 0 Å². The van der Waals surface area contributed by atoms with Crippen LogP contribution in [0, 0.1) is 0 Å². The highest BCUT2D eigenvalue weighted by Gasteiger charge is 2.30. The fraction of sp³-hybridized carbons (Fsp3) is 0.188. The topological polar surface area (TPSA) is 29.5 Å². The molecule has 19 heavy (non-hydrogen) atoms. The fourth-order valence-corrected chi connectivity index (χ4v) is 2.29. The van der Waals surface area contributed by atoms with Gasteiger partial charge in [-0.2, -0.15) is 0 Å². The average molecular weight is 253 g/mol. The Morgan fingerprint density at radius 1 is 1.05 bits per heavy atom. The minimum atomic E-state index is -0.432. The van der Waals surface area contributed by atoms with Crippen LogP contribution >= 0.6 is 0 Å². The number of nitrogens with zero attached hydrogens (tertiary/aromatic N) is 1. The molecule has 0 fully saturated rings. The molecule has 0 radical (unpaired) electrons. The van der Waals surface area contributed by atoms with Gasteiger partial charge in [0.15, 0.2) is 6.10 Å². The molecular formula is C16H15NO2. The summed E-state index contributed by atoms with van der Waals surface area (Å²) in [6, 6.07) is 17.6. The molecule has 0 aromatic heterocycles. The molecular weight excluding hydrogens is 238 g/mol. The molecule has 1 aliphatic heterocycles. The largest absolute Gasteiger partial charge is 0.479 e. The van der Waals surface area contributed by atoms with Crippen molar-refractivity contribution in [3.8, 4) is 5.75 Å². The third-order valence-electron chi connectivity index (χ3n) is 3.26. The van der Waals surface area contributed by atoms with Gasteiger partial charge >= 0.3 is 0 Å². The molecule has 1 aliphatic rings. The van der Waals surface area contributed by atoms with Gasteiger partial charge in [0.1, 0.15) is 5.75 Å². The monoisotopic (exact) mass is 253 g/mol. The molecule has 96 valence electrons. The van der Waals surface area contributed by atoms with Crippen molar-refractivity contribution < 1.29 is 9.53 Å². The maximum Gasteiger partial charge on any atom is 0.268 e. The van der Waals surface area contributed by atoms with Crippen molar-refractivity contribution in [3.63, 3.8) is 0 Å². The fourth-order valence-electron chi connectivity index (χ4n) is 2.29. The Bertz CT molecular complexity index is 595. The number of fused-ring (bicyclic) bond motifs is 1. The minimum absolute atomic E-state index is 0.00236. The van der Waals surface area contributed by atoms with Crippen LogP contribution in [-0.2, 0) is 11.3 Å². The number of amides is 1. The number of hydrogen-bond donors (Lipinski definition) is 0. The van der Waals surface area contributed by atoms with Crippen molar-refractivity contribution in [3.05, 3.63) is 60.2 Å². The zero-order chi connectivity index (χ0) is 13.2. The summed E-state index contributed by atoms with van der Waals surface area (Å²) >= 11 is 0. The molecule has 1 heterocycles. The van der Waals surface area contributed by atoms with E-state index in [1.807, 2.05) is 54.6 Å². The van der Waals surface area contributed by atoms with E-state index in [2.05, 4.69) is 0 Å². The number of carbonyl (C=O) groups excluding carboxylic acids is 1. The molecule has 0 saturated heterocycles.